The van der Waals surface area contributed by atoms with Crippen LogP contribution < -0.4 is 10.2 Å². The second-order valence-electron chi connectivity index (χ2n) is 4.96. The zero-order valence-corrected chi connectivity index (χ0v) is 11.4. The van der Waals surface area contributed by atoms with Gasteiger partial charge in [0.25, 0.3) is 10.0 Å². The Labute approximate surface area is 113 Å². The molecule has 1 aromatic rings. The highest BCUT2D eigenvalue weighted by molar-refractivity contribution is 7.90. The summed E-state index contributed by atoms with van der Waals surface area (Å²) in [6, 6.07) is 7.43. The van der Waals surface area contributed by atoms with Crippen LogP contribution in [-0.2, 0) is 10.0 Å². The Morgan fingerprint density at radius 3 is 2.95 bits per heavy atom. The molecule has 1 N–H and O–H groups in total. The summed E-state index contributed by atoms with van der Waals surface area (Å²) < 4.78 is 27.4. The summed E-state index contributed by atoms with van der Waals surface area (Å²) >= 11 is 0. The molecular formula is C13H17N3O2S. The molecule has 0 aliphatic carbocycles. The van der Waals surface area contributed by atoms with E-state index < -0.39 is 10.0 Å². The van der Waals surface area contributed by atoms with E-state index in [1.165, 1.54) is 19.2 Å². The average Bonchev–Trinajstić information content (AvgIpc) is 2.44. The molecule has 0 bridgehead atoms. The topological polar surface area (TPSA) is 61.8 Å². The summed E-state index contributed by atoms with van der Waals surface area (Å²) in [5, 5.41) is 3.47. The van der Waals surface area contributed by atoms with E-state index >= 15 is 0 Å². The predicted molar refractivity (Wildman–Crippen MR) is 75.1 cm³/mol. The number of hydrogen-bond donors (Lipinski definition) is 1. The van der Waals surface area contributed by atoms with Crippen molar-refractivity contribution < 1.29 is 8.42 Å². The van der Waals surface area contributed by atoms with Gasteiger partial charge in [-0.15, -0.1) is 4.40 Å². The maximum atomic E-state index is 11.9. The zero-order valence-electron chi connectivity index (χ0n) is 10.6. The van der Waals surface area contributed by atoms with Gasteiger partial charge in [-0.1, -0.05) is 18.6 Å². The molecule has 1 saturated heterocycles. The van der Waals surface area contributed by atoms with Gasteiger partial charge in [-0.3, -0.25) is 0 Å². The van der Waals surface area contributed by atoms with E-state index in [0.29, 0.717) is 10.9 Å². The molecule has 1 fully saturated rings. The lowest BCUT2D eigenvalue weighted by Crippen LogP contribution is -2.44. The first kappa shape index (κ1) is 12.6. The number of nitrogens with one attached hydrogen (secondary N) is 1. The third kappa shape index (κ3) is 2.50. The Morgan fingerprint density at radius 1 is 1.32 bits per heavy atom. The number of nitrogens with zero attached hydrogens (tertiary/aromatic N) is 2. The quantitative estimate of drug-likeness (QED) is 0.888. The van der Waals surface area contributed by atoms with Gasteiger partial charge in [0.2, 0.25) is 0 Å². The zero-order chi connectivity index (χ0) is 13.3. The average molecular weight is 279 g/mol. The van der Waals surface area contributed by atoms with Crippen LogP contribution in [0.4, 0.5) is 5.69 Å². The van der Waals surface area contributed by atoms with Crippen molar-refractivity contribution >= 4 is 22.0 Å². The van der Waals surface area contributed by atoms with Crippen molar-refractivity contribution in [3.05, 3.63) is 24.3 Å². The highest BCUT2D eigenvalue weighted by atomic mass is 32.2. The van der Waals surface area contributed by atoms with Crippen LogP contribution in [0, 0.1) is 0 Å². The van der Waals surface area contributed by atoms with Gasteiger partial charge in [-0.2, -0.15) is 8.42 Å². The molecule has 6 heteroatoms. The van der Waals surface area contributed by atoms with Gasteiger partial charge in [0.1, 0.15) is 11.2 Å². The number of sulfonamides is 1. The highest BCUT2D eigenvalue weighted by Gasteiger charge is 2.26. The van der Waals surface area contributed by atoms with E-state index in [9.17, 15) is 8.42 Å². The molecular weight excluding hydrogens is 262 g/mol. The minimum atomic E-state index is -3.51. The molecule has 0 amide bonds. The summed E-state index contributed by atoms with van der Waals surface area (Å²) in [7, 11) is -3.51. The second kappa shape index (κ2) is 4.94. The van der Waals surface area contributed by atoms with E-state index in [1.54, 1.807) is 12.1 Å². The first-order valence-corrected chi connectivity index (χ1v) is 8.00. The fraction of sp³-hybridized carbons (Fsp3) is 0.462. The Morgan fingerprint density at radius 2 is 2.16 bits per heavy atom. The number of rotatable bonds is 2. The maximum Gasteiger partial charge on any atom is 0.285 e. The molecule has 19 heavy (non-hydrogen) atoms. The lowest BCUT2D eigenvalue weighted by Gasteiger charge is -2.31. The minimum absolute atomic E-state index is 0.299. The largest absolute Gasteiger partial charge is 0.329 e. The van der Waals surface area contributed by atoms with E-state index in [1.807, 2.05) is 17.0 Å². The molecule has 0 aromatic heterocycles. The summed E-state index contributed by atoms with van der Waals surface area (Å²) in [5.41, 5.74) is 0.727. The fourth-order valence-corrected chi connectivity index (χ4v) is 3.66. The molecule has 1 atom stereocenters. The van der Waals surface area contributed by atoms with Crippen molar-refractivity contribution in [2.75, 3.05) is 18.0 Å². The van der Waals surface area contributed by atoms with Gasteiger partial charge in [0.05, 0.1) is 5.69 Å². The SMILES string of the molecule is O=S1(=O)N=CN(CC2CCCCN2)c2ccccc21. The third-order valence-electron chi connectivity index (χ3n) is 3.61. The number of para-hydroxylation sites is 1. The van der Waals surface area contributed by atoms with Crippen LogP contribution in [0.5, 0.6) is 0 Å². The number of fused-ring (bicyclic) bond motifs is 1. The van der Waals surface area contributed by atoms with Crippen molar-refractivity contribution in [2.45, 2.75) is 30.2 Å². The molecule has 3 rings (SSSR count). The highest BCUT2D eigenvalue weighted by Crippen LogP contribution is 2.29. The van der Waals surface area contributed by atoms with Gasteiger partial charge < -0.3 is 10.2 Å². The van der Waals surface area contributed by atoms with Crippen LogP contribution in [0.15, 0.2) is 33.6 Å². The van der Waals surface area contributed by atoms with Gasteiger partial charge >= 0.3 is 0 Å². The van der Waals surface area contributed by atoms with Gasteiger partial charge in [0.15, 0.2) is 0 Å². The van der Waals surface area contributed by atoms with E-state index in [0.717, 1.165) is 25.2 Å². The normalized spacial score (nSPS) is 25.1. The molecule has 0 saturated carbocycles. The molecule has 5 nitrogen and oxygen atoms in total. The Kier molecular flexibility index (Phi) is 3.28. The number of piperidine rings is 1. The van der Waals surface area contributed by atoms with Crippen LogP contribution in [0.3, 0.4) is 0 Å². The molecule has 2 aliphatic heterocycles. The lowest BCUT2D eigenvalue weighted by molar-refractivity contribution is 0.407. The summed E-state index contributed by atoms with van der Waals surface area (Å²) in [5.74, 6) is 0. The van der Waals surface area contributed by atoms with E-state index in [4.69, 9.17) is 0 Å². The number of anilines is 1. The molecule has 1 aromatic carbocycles. The van der Waals surface area contributed by atoms with Crippen molar-refractivity contribution in [1.29, 1.82) is 0 Å². The van der Waals surface area contributed by atoms with Crippen LogP contribution in [-0.4, -0.2) is 33.9 Å². The second-order valence-corrected chi connectivity index (χ2v) is 6.56. The molecule has 1 unspecified atom stereocenters. The Balaban J connectivity index is 1.87. The smallest absolute Gasteiger partial charge is 0.285 e. The molecule has 0 spiro atoms. The first-order chi connectivity index (χ1) is 9.17. The number of hydrogen-bond acceptors (Lipinski definition) is 4. The Bertz CT molecular complexity index is 592. The van der Waals surface area contributed by atoms with Gasteiger partial charge in [-0.05, 0) is 31.5 Å². The van der Waals surface area contributed by atoms with Crippen LogP contribution in [0.1, 0.15) is 19.3 Å². The molecule has 102 valence electrons. The summed E-state index contributed by atoms with van der Waals surface area (Å²) in [6.07, 6.45) is 5.01. The predicted octanol–water partition coefficient (Wildman–Crippen LogP) is 1.37. The van der Waals surface area contributed by atoms with E-state index in [-0.39, 0.29) is 0 Å². The summed E-state index contributed by atoms with van der Waals surface area (Å²) in [4.78, 5) is 2.23. The van der Waals surface area contributed by atoms with Crippen molar-refractivity contribution in [3.63, 3.8) is 0 Å². The van der Waals surface area contributed by atoms with E-state index in [2.05, 4.69) is 9.71 Å². The minimum Gasteiger partial charge on any atom is -0.329 e. The third-order valence-corrected chi connectivity index (χ3v) is 4.88. The summed E-state index contributed by atoms with van der Waals surface area (Å²) in [6.45, 7) is 1.80. The molecule has 2 heterocycles. The lowest BCUT2D eigenvalue weighted by atomic mass is 10.0. The van der Waals surface area contributed by atoms with Crippen molar-refractivity contribution in [3.8, 4) is 0 Å². The molecule has 0 radical (unpaired) electrons. The molecule has 2 aliphatic rings. The maximum absolute atomic E-state index is 11.9. The first-order valence-electron chi connectivity index (χ1n) is 6.56. The fourth-order valence-electron chi connectivity index (χ4n) is 2.61. The number of benzene rings is 1. The van der Waals surface area contributed by atoms with Gasteiger partial charge in [-0.25, -0.2) is 0 Å². The van der Waals surface area contributed by atoms with Crippen molar-refractivity contribution in [1.82, 2.24) is 5.32 Å². The van der Waals surface area contributed by atoms with Crippen LogP contribution >= 0.6 is 0 Å². The Hall–Kier alpha value is -1.40. The van der Waals surface area contributed by atoms with Crippen molar-refractivity contribution in [2.24, 2.45) is 4.40 Å². The standard InChI is InChI=1S/C13H17N3O2S/c17-19(18)13-7-2-1-6-12(13)16(10-15-19)9-11-5-3-4-8-14-11/h1-2,6-7,10-11,14H,3-5,8-9H2. The van der Waals surface area contributed by atoms with Gasteiger partial charge in [0, 0.05) is 12.6 Å². The van der Waals surface area contributed by atoms with Crippen LogP contribution in [0.2, 0.25) is 0 Å². The monoisotopic (exact) mass is 279 g/mol. The van der Waals surface area contributed by atoms with Crippen LogP contribution in [0.25, 0.3) is 0 Å².